The fraction of sp³-hybridized carbons (Fsp3) is 0.455. The van der Waals surface area contributed by atoms with Crippen molar-refractivity contribution in [1.29, 1.82) is 0 Å². The zero-order valence-corrected chi connectivity index (χ0v) is 20.2. The van der Waals surface area contributed by atoms with Gasteiger partial charge in [0, 0.05) is 6.07 Å². The third-order valence-corrected chi connectivity index (χ3v) is 5.54. The van der Waals surface area contributed by atoms with Gasteiger partial charge >= 0.3 is 29.6 Å². The van der Waals surface area contributed by atoms with Crippen LogP contribution in [0.4, 0.5) is 0 Å². The predicted octanol–water partition coefficient (Wildman–Crippen LogP) is 2.49. The van der Waals surface area contributed by atoms with E-state index in [1.54, 1.807) is 18.2 Å². The molecule has 0 atom stereocenters. The van der Waals surface area contributed by atoms with Gasteiger partial charge in [0.1, 0.15) is 11.5 Å². The van der Waals surface area contributed by atoms with Gasteiger partial charge in [-0.2, -0.15) is 8.42 Å². The Hall–Kier alpha value is -1.05. The van der Waals surface area contributed by atoms with Crippen molar-refractivity contribution in [2.45, 2.75) is 69.6 Å². The van der Waals surface area contributed by atoms with E-state index in [0.717, 1.165) is 24.8 Å². The van der Waals surface area contributed by atoms with Crippen molar-refractivity contribution in [2.24, 2.45) is 0 Å². The van der Waals surface area contributed by atoms with Crippen molar-refractivity contribution < 1.29 is 52.4 Å². The zero-order chi connectivity index (χ0) is 20.4. The van der Waals surface area contributed by atoms with Gasteiger partial charge in [0.15, 0.2) is 0 Å². The Morgan fingerprint density at radius 3 is 2.07 bits per heavy atom. The molecule has 2 aromatic carbocycles. The molecule has 0 amide bonds. The van der Waals surface area contributed by atoms with Gasteiger partial charge in [-0.1, -0.05) is 70.1 Å². The molecule has 0 saturated carbocycles. The number of rotatable bonds is 12. The molecule has 0 aliphatic rings. The standard InChI is InChI=1S/C22H30O5S.Na/c1-2-3-4-5-6-7-8-9-10-18-11-16-21(28(24,25)26)17-22(18)27-20-14-12-19(23)13-15-20;/h11-17,23H,2-10H2,1H3,(H,24,25,26);/q;+1/p-1. The van der Waals surface area contributed by atoms with Crippen LogP contribution >= 0.6 is 0 Å². The van der Waals surface area contributed by atoms with Crippen molar-refractivity contribution in [2.75, 3.05) is 0 Å². The van der Waals surface area contributed by atoms with E-state index in [9.17, 15) is 18.1 Å². The fourth-order valence-corrected chi connectivity index (χ4v) is 3.58. The first-order chi connectivity index (χ1) is 13.4. The minimum atomic E-state index is -4.31. The van der Waals surface area contributed by atoms with Crippen LogP contribution in [-0.4, -0.2) is 13.0 Å². The van der Waals surface area contributed by atoms with E-state index in [0.29, 0.717) is 11.5 Å². The maximum absolute atomic E-state index is 11.5. The molecule has 29 heavy (non-hydrogen) atoms. The smallest absolute Gasteiger partial charge is 0.872 e. The molecule has 2 aromatic rings. The van der Waals surface area contributed by atoms with E-state index in [1.165, 1.54) is 62.8 Å². The number of benzene rings is 2. The molecule has 5 nitrogen and oxygen atoms in total. The van der Waals surface area contributed by atoms with Crippen molar-refractivity contribution in [3.63, 3.8) is 0 Å². The van der Waals surface area contributed by atoms with Gasteiger partial charge in [0.25, 0.3) is 10.1 Å². The molecule has 2 rings (SSSR count). The molecule has 0 unspecified atom stereocenters. The third kappa shape index (κ3) is 9.53. The van der Waals surface area contributed by atoms with Crippen LogP contribution in [0.15, 0.2) is 47.4 Å². The second kappa shape index (κ2) is 13.3. The monoisotopic (exact) mass is 428 g/mol. The summed E-state index contributed by atoms with van der Waals surface area (Å²) in [6.07, 6.45) is 10.4. The summed E-state index contributed by atoms with van der Waals surface area (Å²) in [6, 6.07) is 10.3. The van der Waals surface area contributed by atoms with Crippen LogP contribution in [-0.2, 0) is 16.5 Å². The molecule has 0 saturated heterocycles. The van der Waals surface area contributed by atoms with Crippen LogP contribution in [0, 0.1) is 0 Å². The largest absolute Gasteiger partial charge is 1.00 e. The van der Waals surface area contributed by atoms with Gasteiger partial charge in [-0.05, 0) is 36.6 Å². The zero-order valence-electron chi connectivity index (χ0n) is 17.4. The summed E-state index contributed by atoms with van der Waals surface area (Å²) in [5.74, 6) is 0.708. The van der Waals surface area contributed by atoms with Crippen molar-refractivity contribution >= 4 is 10.1 Å². The van der Waals surface area contributed by atoms with Gasteiger partial charge < -0.3 is 9.84 Å². The fourth-order valence-electron chi connectivity index (χ4n) is 3.08. The van der Waals surface area contributed by atoms with E-state index < -0.39 is 10.1 Å². The van der Waals surface area contributed by atoms with E-state index in [1.807, 2.05) is 0 Å². The average molecular weight is 429 g/mol. The molecule has 0 spiro atoms. The number of hydrogen-bond acceptors (Lipinski definition) is 4. The number of aryl methyl sites for hydroxylation is 1. The Kier molecular flexibility index (Phi) is 11.9. The van der Waals surface area contributed by atoms with Crippen molar-refractivity contribution in [3.8, 4) is 17.2 Å². The first-order valence-corrected chi connectivity index (χ1v) is 11.4. The summed E-state index contributed by atoms with van der Waals surface area (Å²) in [4.78, 5) is -0.206. The first-order valence-electron chi connectivity index (χ1n) is 9.95. The first kappa shape index (κ1) is 26.0. The summed E-state index contributed by atoms with van der Waals surface area (Å²) in [5.41, 5.74) is 0.879. The van der Waals surface area contributed by atoms with Gasteiger partial charge in [-0.3, -0.25) is 4.55 Å². The molecule has 1 N–H and O–H groups in total. The molecule has 0 bridgehead atoms. The van der Waals surface area contributed by atoms with E-state index >= 15 is 0 Å². The van der Waals surface area contributed by atoms with Crippen LogP contribution in [0.5, 0.6) is 17.2 Å². The Balaban J connectivity index is 0.00000420. The molecule has 7 heteroatoms. The molecular formula is C22H29NaO5S. The topological polar surface area (TPSA) is 86.7 Å². The van der Waals surface area contributed by atoms with Crippen LogP contribution < -0.4 is 39.4 Å². The van der Waals surface area contributed by atoms with Crippen molar-refractivity contribution in [1.82, 2.24) is 0 Å². The molecule has 0 aliphatic carbocycles. The summed E-state index contributed by atoms with van der Waals surface area (Å²) in [5, 5.41) is 11.2. The summed E-state index contributed by atoms with van der Waals surface area (Å²) in [7, 11) is -4.31. The molecule has 0 aromatic heterocycles. The molecule has 0 radical (unpaired) electrons. The van der Waals surface area contributed by atoms with Crippen LogP contribution in [0.25, 0.3) is 0 Å². The molecule has 0 aliphatic heterocycles. The average Bonchev–Trinajstić information content (AvgIpc) is 2.66. The molecule has 154 valence electrons. The van der Waals surface area contributed by atoms with Crippen LogP contribution in [0.2, 0.25) is 0 Å². The third-order valence-electron chi connectivity index (χ3n) is 4.69. The minimum Gasteiger partial charge on any atom is -0.872 e. The Morgan fingerprint density at radius 2 is 1.48 bits per heavy atom. The quantitative estimate of drug-likeness (QED) is 0.319. The maximum atomic E-state index is 11.5. The van der Waals surface area contributed by atoms with Gasteiger partial charge in [-0.15, -0.1) is 5.75 Å². The van der Waals surface area contributed by atoms with E-state index in [-0.39, 0.29) is 40.2 Å². The Morgan fingerprint density at radius 1 is 0.897 bits per heavy atom. The maximum Gasteiger partial charge on any atom is 1.00 e. The normalized spacial score (nSPS) is 11.1. The van der Waals surface area contributed by atoms with Crippen LogP contribution in [0.1, 0.15) is 63.9 Å². The van der Waals surface area contributed by atoms with Gasteiger partial charge in [0.05, 0.1) is 4.90 Å². The minimum absolute atomic E-state index is 0. The van der Waals surface area contributed by atoms with E-state index in [4.69, 9.17) is 4.74 Å². The predicted molar refractivity (Wildman–Crippen MR) is 109 cm³/mol. The Bertz CT molecular complexity index is 835. The summed E-state index contributed by atoms with van der Waals surface area (Å²) < 4.78 is 38.0. The second-order valence-electron chi connectivity index (χ2n) is 7.04. The summed E-state index contributed by atoms with van der Waals surface area (Å²) >= 11 is 0. The van der Waals surface area contributed by atoms with Gasteiger partial charge in [-0.25, -0.2) is 0 Å². The number of hydrogen-bond donors (Lipinski definition) is 1. The molecule has 0 fully saturated rings. The second-order valence-corrected chi connectivity index (χ2v) is 8.46. The van der Waals surface area contributed by atoms with E-state index in [2.05, 4.69) is 6.92 Å². The number of unbranched alkanes of at least 4 members (excludes halogenated alkanes) is 7. The number of ether oxygens (including phenoxy) is 1. The van der Waals surface area contributed by atoms with Crippen molar-refractivity contribution in [3.05, 3.63) is 48.0 Å². The molecular weight excluding hydrogens is 399 g/mol. The molecule has 0 heterocycles. The summed E-state index contributed by atoms with van der Waals surface area (Å²) in [6.45, 7) is 2.21. The Labute approximate surface area is 196 Å². The van der Waals surface area contributed by atoms with Gasteiger partial charge in [0.2, 0.25) is 0 Å². The SMILES string of the molecule is CCCCCCCCCCc1ccc(S(=O)(=O)O)cc1Oc1ccc([O-])cc1.[Na+]. The van der Waals surface area contributed by atoms with Crippen LogP contribution in [0.3, 0.4) is 0 Å².